The highest BCUT2D eigenvalue weighted by Crippen LogP contribution is 2.50. The van der Waals surface area contributed by atoms with Gasteiger partial charge in [-0.15, -0.1) is 0 Å². The summed E-state index contributed by atoms with van der Waals surface area (Å²) in [7, 11) is 1.72. The van der Waals surface area contributed by atoms with Crippen LogP contribution in [0.1, 0.15) is 52.9 Å². The second-order valence-corrected chi connectivity index (χ2v) is 8.14. The maximum absolute atomic E-state index is 13.6. The molecule has 3 aromatic heterocycles. The van der Waals surface area contributed by atoms with Crippen LogP contribution in [0.2, 0.25) is 0 Å². The first-order chi connectivity index (χ1) is 13.5. The normalized spacial score (nSPS) is 22.3. The molecule has 4 heterocycles. The van der Waals surface area contributed by atoms with E-state index >= 15 is 0 Å². The minimum Gasteiger partial charge on any atom is -0.328 e. The lowest BCUT2D eigenvalue weighted by Crippen LogP contribution is -2.34. The van der Waals surface area contributed by atoms with Crippen molar-refractivity contribution in [3.05, 3.63) is 51.6 Å². The number of aromatic nitrogens is 5. The van der Waals surface area contributed by atoms with E-state index in [2.05, 4.69) is 15.2 Å². The fourth-order valence-electron chi connectivity index (χ4n) is 4.73. The average Bonchev–Trinajstić information content (AvgIpc) is 3.12. The first kappa shape index (κ1) is 17.2. The molecule has 2 atom stereocenters. The van der Waals surface area contributed by atoms with Crippen LogP contribution in [0.25, 0.3) is 5.65 Å². The highest BCUT2D eigenvalue weighted by atomic mass is 16.2. The van der Waals surface area contributed by atoms with E-state index in [1.807, 2.05) is 41.5 Å². The van der Waals surface area contributed by atoms with Gasteiger partial charge in [0.05, 0.1) is 11.6 Å². The van der Waals surface area contributed by atoms with E-state index in [9.17, 15) is 9.59 Å². The Morgan fingerprint density at radius 3 is 2.71 bits per heavy atom. The van der Waals surface area contributed by atoms with Crippen LogP contribution in [0.15, 0.2) is 23.1 Å². The number of aromatic amines is 1. The minimum atomic E-state index is -0.244. The van der Waals surface area contributed by atoms with Crippen LogP contribution in [0.4, 0.5) is 0 Å². The van der Waals surface area contributed by atoms with Gasteiger partial charge in [-0.2, -0.15) is 5.10 Å². The van der Waals surface area contributed by atoms with Crippen molar-refractivity contribution in [1.29, 1.82) is 0 Å². The molecule has 3 aromatic rings. The van der Waals surface area contributed by atoms with Gasteiger partial charge in [0.15, 0.2) is 5.82 Å². The van der Waals surface area contributed by atoms with Crippen LogP contribution < -0.4 is 5.69 Å². The van der Waals surface area contributed by atoms with Crippen molar-refractivity contribution in [3.8, 4) is 0 Å². The van der Waals surface area contributed by atoms with Gasteiger partial charge in [0, 0.05) is 31.2 Å². The van der Waals surface area contributed by atoms with Crippen molar-refractivity contribution in [2.45, 2.75) is 39.2 Å². The molecule has 1 N–H and O–H groups in total. The second-order valence-electron chi connectivity index (χ2n) is 8.14. The van der Waals surface area contributed by atoms with E-state index in [-0.39, 0.29) is 17.6 Å². The summed E-state index contributed by atoms with van der Waals surface area (Å²) in [5, 5.41) is 6.81. The summed E-state index contributed by atoms with van der Waals surface area (Å²) < 4.78 is 3.49. The smallest absolute Gasteiger partial charge is 0.328 e. The van der Waals surface area contributed by atoms with Gasteiger partial charge in [0.1, 0.15) is 5.65 Å². The molecule has 1 aliphatic carbocycles. The Morgan fingerprint density at radius 2 is 2.04 bits per heavy atom. The zero-order chi connectivity index (χ0) is 19.6. The molecule has 1 saturated carbocycles. The van der Waals surface area contributed by atoms with Crippen LogP contribution in [-0.2, 0) is 7.05 Å². The first-order valence-corrected chi connectivity index (χ1v) is 9.83. The third kappa shape index (κ3) is 2.51. The molecule has 0 radical (unpaired) electrons. The Morgan fingerprint density at radius 1 is 1.25 bits per heavy atom. The van der Waals surface area contributed by atoms with Crippen molar-refractivity contribution in [2.75, 3.05) is 6.54 Å². The number of carbonyl (C=O) groups excluding carboxylic acids is 1. The number of rotatable bonds is 3. The van der Waals surface area contributed by atoms with Gasteiger partial charge in [-0.1, -0.05) is 0 Å². The van der Waals surface area contributed by atoms with E-state index in [1.54, 1.807) is 7.05 Å². The van der Waals surface area contributed by atoms with Crippen molar-refractivity contribution < 1.29 is 4.79 Å². The van der Waals surface area contributed by atoms with E-state index in [0.717, 1.165) is 17.8 Å². The number of aryl methyl sites for hydroxylation is 2. The molecule has 146 valence electrons. The highest BCUT2D eigenvalue weighted by molar-refractivity contribution is 6.00. The number of fused-ring (bicyclic) bond motifs is 1. The molecule has 1 saturated heterocycles. The summed E-state index contributed by atoms with van der Waals surface area (Å²) in [6.07, 6.45) is 5.23. The zero-order valence-corrected chi connectivity index (χ0v) is 16.3. The summed E-state index contributed by atoms with van der Waals surface area (Å²) >= 11 is 0. The van der Waals surface area contributed by atoms with Gasteiger partial charge in [0.2, 0.25) is 0 Å². The van der Waals surface area contributed by atoms with Crippen LogP contribution in [0.3, 0.4) is 0 Å². The predicted octanol–water partition coefficient (Wildman–Crippen LogP) is 1.99. The Hall–Kier alpha value is -2.90. The summed E-state index contributed by atoms with van der Waals surface area (Å²) in [4.78, 5) is 32.1. The van der Waals surface area contributed by atoms with Crippen LogP contribution in [0, 0.1) is 25.7 Å². The maximum Gasteiger partial charge on any atom is 0.343 e. The van der Waals surface area contributed by atoms with E-state index in [4.69, 9.17) is 0 Å². The van der Waals surface area contributed by atoms with Gasteiger partial charge >= 0.3 is 5.69 Å². The van der Waals surface area contributed by atoms with E-state index in [0.29, 0.717) is 35.4 Å². The lowest BCUT2D eigenvalue weighted by atomic mass is 9.94. The average molecular weight is 380 g/mol. The predicted molar refractivity (Wildman–Crippen MR) is 103 cm³/mol. The molecule has 0 bridgehead atoms. The lowest BCUT2D eigenvalue weighted by Gasteiger charge is -2.27. The Labute approximate surface area is 162 Å². The molecule has 28 heavy (non-hydrogen) atoms. The largest absolute Gasteiger partial charge is 0.343 e. The molecule has 2 fully saturated rings. The molecular formula is C20H24N6O2. The van der Waals surface area contributed by atoms with Crippen molar-refractivity contribution in [1.82, 2.24) is 29.0 Å². The monoisotopic (exact) mass is 380 g/mol. The molecule has 8 nitrogen and oxygen atoms in total. The fraction of sp³-hybridized carbons (Fsp3) is 0.500. The summed E-state index contributed by atoms with van der Waals surface area (Å²) in [5.74, 6) is 1.58. The van der Waals surface area contributed by atoms with Crippen LogP contribution >= 0.6 is 0 Å². The molecule has 5 rings (SSSR count). The quantitative estimate of drug-likeness (QED) is 0.753. The molecule has 2 unspecified atom stereocenters. The van der Waals surface area contributed by atoms with Gasteiger partial charge in [0.25, 0.3) is 5.91 Å². The Balaban J connectivity index is 1.58. The summed E-state index contributed by atoms with van der Waals surface area (Å²) in [6, 6.07) is 3.68. The first-order valence-electron chi connectivity index (χ1n) is 9.83. The standard InChI is InChI=1S/C20H24N6O2/c1-11-10-12(2)25-8-7-15(17(25)21-11)19(27)26-9-6-14(13-4-5-13)16(26)18-22-23-20(28)24(18)3/h7-8,10,13-14,16H,4-6,9H2,1-3H3,(H,23,28). The summed E-state index contributed by atoms with van der Waals surface area (Å²) in [6.45, 7) is 4.63. The third-order valence-electron chi connectivity index (χ3n) is 6.28. The molecular weight excluding hydrogens is 356 g/mol. The molecule has 0 aromatic carbocycles. The minimum absolute atomic E-state index is 0.0383. The number of H-pyrrole nitrogens is 1. The maximum atomic E-state index is 13.6. The lowest BCUT2D eigenvalue weighted by molar-refractivity contribution is 0.0703. The van der Waals surface area contributed by atoms with Gasteiger partial charge < -0.3 is 9.30 Å². The number of amides is 1. The van der Waals surface area contributed by atoms with Crippen molar-refractivity contribution in [2.24, 2.45) is 18.9 Å². The molecule has 2 aliphatic rings. The molecule has 1 aliphatic heterocycles. The van der Waals surface area contributed by atoms with Crippen molar-refractivity contribution >= 4 is 11.6 Å². The fourth-order valence-corrected chi connectivity index (χ4v) is 4.73. The zero-order valence-electron chi connectivity index (χ0n) is 16.3. The third-order valence-corrected chi connectivity index (χ3v) is 6.28. The highest BCUT2D eigenvalue weighted by Gasteiger charge is 2.47. The van der Waals surface area contributed by atoms with Gasteiger partial charge in [-0.05, 0) is 57.1 Å². The van der Waals surface area contributed by atoms with Crippen molar-refractivity contribution in [3.63, 3.8) is 0 Å². The van der Waals surface area contributed by atoms with E-state index in [1.165, 1.54) is 17.4 Å². The number of nitrogens with one attached hydrogen (secondary N) is 1. The van der Waals surface area contributed by atoms with E-state index < -0.39 is 0 Å². The molecule has 8 heteroatoms. The SMILES string of the molecule is Cc1cc(C)n2ccc(C(=O)N3CCC(C4CC4)C3c3n[nH]c(=O)n3C)c2n1. The molecule has 0 spiro atoms. The number of likely N-dealkylation sites (tertiary alicyclic amines) is 1. The number of hydrogen-bond acceptors (Lipinski definition) is 4. The van der Waals surface area contributed by atoms with Crippen LogP contribution in [0.5, 0.6) is 0 Å². The van der Waals surface area contributed by atoms with Gasteiger partial charge in [-0.3, -0.25) is 9.36 Å². The van der Waals surface area contributed by atoms with Gasteiger partial charge in [-0.25, -0.2) is 14.9 Å². The summed E-state index contributed by atoms with van der Waals surface area (Å²) in [5.41, 5.74) is 2.98. The number of hydrogen-bond donors (Lipinski definition) is 1. The Bertz CT molecular complexity index is 1140. The number of carbonyl (C=O) groups is 1. The van der Waals surface area contributed by atoms with Crippen LogP contribution in [-0.4, -0.2) is 41.5 Å². The topological polar surface area (TPSA) is 88.3 Å². The second kappa shape index (κ2) is 6.05. The molecule has 1 amide bonds. The number of nitrogens with zero attached hydrogens (tertiary/aromatic N) is 5. The Kier molecular flexibility index (Phi) is 3.72.